The van der Waals surface area contributed by atoms with Crippen LogP contribution in [0, 0.1) is 0 Å². The normalized spacial score (nSPS) is 12.1. The number of halogens is 1. The van der Waals surface area contributed by atoms with E-state index >= 15 is 0 Å². The van der Waals surface area contributed by atoms with E-state index in [1.54, 1.807) is 48.7 Å². The highest BCUT2D eigenvalue weighted by Gasteiger charge is 2.17. The van der Waals surface area contributed by atoms with Gasteiger partial charge in [-0.05, 0) is 47.5 Å². The van der Waals surface area contributed by atoms with Gasteiger partial charge in [-0.25, -0.2) is 16.8 Å². The molecule has 0 spiro atoms. The fourth-order valence-electron chi connectivity index (χ4n) is 3.41. The van der Waals surface area contributed by atoms with Crippen LogP contribution in [-0.2, 0) is 19.7 Å². The summed E-state index contributed by atoms with van der Waals surface area (Å²) in [5, 5.41) is 0.692. The molecule has 6 nitrogen and oxygen atoms in total. The lowest BCUT2D eigenvalue weighted by Gasteiger charge is -2.12. The molecule has 0 aliphatic rings. The predicted octanol–water partition coefficient (Wildman–Crippen LogP) is 5.15. The molecule has 0 radical (unpaired) electrons. The fraction of sp³-hybridized carbons (Fsp3) is 0.0870. The first-order valence-electron chi connectivity index (χ1n) is 9.40. The van der Waals surface area contributed by atoms with Crippen molar-refractivity contribution in [2.75, 3.05) is 12.5 Å². The standard InChI is InChI=1S/C23H18ClNO5S2/c1-31(26,27)20-10-5-9-19(22(20)24)30-16-7-3-6-15(14-16)17-12-13-25-23-18(17)8-4-11-21(23)32(2,28)29/h3-14H,1-2H3. The van der Waals surface area contributed by atoms with Gasteiger partial charge in [-0.2, -0.15) is 0 Å². The molecule has 4 aromatic rings. The molecule has 0 aliphatic heterocycles. The Bertz CT molecular complexity index is 1560. The molecule has 0 atom stereocenters. The molecule has 0 bridgehead atoms. The summed E-state index contributed by atoms with van der Waals surface area (Å²) in [7, 11) is -6.96. The molecule has 0 fully saturated rings. The van der Waals surface area contributed by atoms with Crippen molar-refractivity contribution in [3.05, 3.63) is 77.9 Å². The third kappa shape index (κ3) is 4.34. The first kappa shape index (κ1) is 22.3. The van der Waals surface area contributed by atoms with E-state index in [4.69, 9.17) is 16.3 Å². The monoisotopic (exact) mass is 487 g/mol. The summed E-state index contributed by atoms with van der Waals surface area (Å²) in [6, 6.07) is 18.5. The first-order valence-corrected chi connectivity index (χ1v) is 13.6. The number of rotatable bonds is 5. The lowest BCUT2D eigenvalue weighted by molar-refractivity contribution is 0.481. The van der Waals surface area contributed by atoms with Crippen LogP contribution in [0.15, 0.2) is 82.7 Å². The van der Waals surface area contributed by atoms with E-state index in [1.807, 2.05) is 12.1 Å². The highest BCUT2D eigenvalue weighted by Crippen LogP contribution is 2.37. The number of hydrogen-bond donors (Lipinski definition) is 0. The Kier molecular flexibility index (Phi) is 5.70. The van der Waals surface area contributed by atoms with Gasteiger partial charge in [0.25, 0.3) is 0 Å². The van der Waals surface area contributed by atoms with Crippen LogP contribution >= 0.6 is 11.6 Å². The molecule has 3 aromatic carbocycles. The van der Waals surface area contributed by atoms with Crippen molar-refractivity contribution in [2.24, 2.45) is 0 Å². The predicted molar refractivity (Wildman–Crippen MR) is 125 cm³/mol. The van der Waals surface area contributed by atoms with Gasteiger partial charge >= 0.3 is 0 Å². The first-order chi connectivity index (χ1) is 15.1. The SMILES string of the molecule is CS(=O)(=O)c1cccc(Oc2cccc(-c3ccnc4c(S(C)(=O)=O)cccc34)c2)c1Cl. The number of benzene rings is 3. The van der Waals surface area contributed by atoms with E-state index in [-0.39, 0.29) is 20.6 Å². The Balaban J connectivity index is 1.80. The molecule has 0 amide bonds. The van der Waals surface area contributed by atoms with Gasteiger partial charge in [-0.3, -0.25) is 4.98 Å². The van der Waals surface area contributed by atoms with Gasteiger partial charge in [0.05, 0.1) is 15.3 Å². The molecule has 0 aliphatic carbocycles. The van der Waals surface area contributed by atoms with Crippen molar-refractivity contribution in [1.82, 2.24) is 4.98 Å². The quantitative estimate of drug-likeness (QED) is 0.386. The maximum absolute atomic E-state index is 12.2. The van der Waals surface area contributed by atoms with Crippen molar-refractivity contribution in [2.45, 2.75) is 9.79 Å². The second-order valence-corrected chi connectivity index (χ2v) is 11.6. The Labute approximate surface area is 191 Å². The van der Waals surface area contributed by atoms with Crippen LogP contribution in [0.3, 0.4) is 0 Å². The van der Waals surface area contributed by atoms with E-state index < -0.39 is 19.7 Å². The summed E-state index contributed by atoms with van der Waals surface area (Å²) in [5.41, 5.74) is 1.94. The number of nitrogens with zero attached hydrogens (tertiary/aromatic N) is 1. The third-order valence-corrected chi connectivity index (χ3v) is 7.60. The molecular weight excluding hydrogens is 470 g/mol. The zero-order valence-electron chi connectivity index (χ0n) is 17.1. The van der Waals surface area contributed by atoms with Gasteiger partial charge in [0, 0.05) is 24.1 Å². The van der Waals surface area contributed by atoms with Crippen LogP contribution in [-0.4, -0.2) is 34.3 Å². The number of ether oxygens (including phenoxy) is 1. The van der Waals surface area contributed by atoms with Crippen LogP contribution in [0.5, 0.6) is 11.5 Å². The molecule has 0 saturated heterocycles. The molecule has 9 heteroatoms. The maximum atomic E-state index is 12.2. The van der Waals surface area contributed by atoms with Crippen molar-refractivity contribution in [3.8, 4) is 22.6 Å². The molecule has 4 rings (SSSR count). The summed E-state index contributed by atoms with van der Waals surface area (Å²) < 4.78 is 54.1. The van der Waals surface area contributed by atoms with Crippen molar-refractivity contribution in [3.63, 3.8) is 0 Å². The lowest BCUT2D eigenvalue weighted by atomic mass is 10.0. The Morgan fingerprint density at radius 3 is 2.19 bits per heavy atom. The maximum Gasteiger partial charge on any atom is 0.177 e. The number of fused-ring (bicyclic) bond motifs is 1. The van der Waals surface area contributed by atoms with Gasteiger partial charge in [-0.1, -0.05) is 41.9 Å². The number of hydrogen-bond acceptors (Lipinski definition) is 6. The van der Waals surface area contributed by atoms with Gasteiger partial charge in [0.15, 0.2) is 19.7 Å². The molecular formula is C23H18ClNO5S2. The van der Waals surface area contributed by atoms with Crippen LogP contribution in [0.4, 0.5) is 0 Å². The van der Waals surface area contributed by atoms with Crippen LogP contribution in [0.2, 0.25) is 5.02 Å². The molecule has 0 saturated carbocycles. The molecule has 0 N–H and O–H groups in total. The Morgan fingerprint density at radius 2 is 1.47 bits per heavy atom. The number of aromatic nitrogens is 1. The average molecular weight is 488 g/mol. The highest BCUT2D eigenvalue weighted by atomic mass is 35.5. The van der Waals surface area contributed by atoms with Gasteiger partial charge in [0.1, 0.15) is 16.5 Å². The summed E-state index contributed by atoms with van der Waals surface area (Å²) in [5.74, 6) is 0.657. The summed E-state index contributed by atoms with van der Waals surface area (Å²) in [6.45, 7) is 0. The third-order valence-electron chi connectivity index (χ3n) is 4.83. The number of sulfone groups is 2. The summed E-state index contributed by atoms with van der Waals surface area (Å²) in [6.07, 6.45) is 3.79. The van der Waals surface area contributed by atoms with Gasteiger partial charge in [0.2, 0.25) is 0 Å². The summed E-state index contributed by atoms with van der Waals surface area (Å²) in [4.78, 5) is 4.43. The smallest absolute Gasteiger partial charge is 0.177 e. The van der Waals surface area contributed by atoms with E-state index in [0.29, 0.717) is 16.7 Å². The number of pyridine rings is 1. The molecule has 1 aromatic heterocycles. The van der Waals surface area contributed by atoms with Crippen LogP contribution in [0.1, 0.15) is 0 Å². The molecule has 32 heavy (non-hydrogen) atoms. The average Bonchev–Trinajstić information content (AvgIpc) is 2.73. The second-order valence-electron chi connectivity index (χ2n) is 7.25. The van der Waals surface area contributed by atoms with Crippen LogP contribution < -0.4 is 4.74 Å². The van der Waals surface area contributed by atoms with E-state index in [9.17, 15) is 16.8 Å². The molecule has 164 valence electrons. The molecule has 0 unspecified atom stereocenters. The van der Waals surface area contributed by atoms with E-state index in [1.165, 1.54) is 12.1 Å². The zero-order valence-corrected chi connectivity index (χ0v) is 19.5. The van der Waals surface area contributed by atoms with Crippen molar-refractivity contribution >= 4 is 42.2 Å². The van der Waals surface area contributed by atoms with Crippen molar-refractivity contribution in [1.29, 1.82) is 0 Å². The largest absolute Gasteiger partial charge is 0.456 e. The second kappa shape index (κ2) is 8.20. The minimum absolute atomic E-state index is 0.00700. The zero-order chi connectivity index (χ0) is 23.1. The molecule has 1 heterocycles. The van der Waals surface area contributed by atoms with E-state index in [0.717, 1.165) is 23.6 Å². The van der Waals surface area contributed by atoms with Crippen molar-refractivity contribution < 1.29 is 21.6 Å². The van der Waals surface area contributed by atoms with E-state index in [2.05, 4.69) is 4.98 Å². The Morgan fingerprint density at radius 1 is 0.812 bits per heavy atom. The highest BCUT2D eigenvalue weighted by molar-refractivity contribution is 7.91. The number of para-hydroxylation sites is 1. The minimum atomic E-state index is -3.51. The van der Waals surface area contributed by atoms with Gasteiger partial charge in [-0.15, -0.1) is 0 Å². The van der Waals surface area contributed by atoms with Crippen LogP contribution in [0.25, 0.3) is 22.0 Å². The minimum Gasteiger partial charge on any atom is -0.456 e. The van der Waals surface area contributed by atoms with Gasteiger partial charge < -0.3 is 4.74 Å². The lowest BCUT2D eigenvalue weighted by Crippen LogP contribution is -2.00. The Hall–Kier alpha value is -2.94. The fourth-order valence-corrected chi connectivity index (χ4v) is 5.59. The summed E-state index contributed by atoms with van der Waals surface area (Å²) >= 11 is 6.27. The topological polar surface area (TPSA) is 90.4 Å².